The summed E-state index contributed by atoms with van der Waals surface area (Å²) in [5.74, 6) is -0.381. The molecule has 1 aromatic carbocycles. The van der Waals surface area contributed by atoms with E-state index in [1.807, 2.05) is 24.3 Å². The Labute approximate surface area is 137 Å². The van der Waals surface area contributed by atoms with Gasteiger partial charge in [0.15, 0.2) is 0 Å². The number of amides is 1. The van der Waals surface area contributed by atoms with Crippen molar-refractivity contribution in [1.82, 2.24) is 5.06 Å². The van der Waals surface area contributed by atoms with Crippen molar-refractivity contribution in [2.24, 2.45) is 11.8 Å². The second kappa shape index (κ2) is 9.27. The molecule has 0 radical (unpaired) electrons. The van der Waals surface area contributed by atoms with Crippen LogP contribution in [-0.4, -0.2) is 44.6 Å². The highest BCUT2D eigenvalue weighted by molar-refractivity contribution is 5.78. The molecule has 0 heterocycles. The van der Waals surface area contributed by atoms with Gasteiger partial charge in [-0.05, 0) is 17.7 Å². The van der Waals surface area contributed by atoms with E-state index in [2.05, 4.69) is 0 Å². The van der Waals surface area contributed by atoms with Crippen molar-refractivity contribution in [2.75, 3.05) is 21.3 Å². The summed E-state index contributed by atoms with van der Waals surface area (Å²) < 4.78 is 11.0. The summed E-state index contributed by atoms with van der Waals surface area (Å²) in [4.78, 5) is 28.3. The molecule has 128 valence electrons. The molecular formula is C17H25NO5. The van der Waals surface area contributed by atoms with Gasteiger partial charge in [-0.3, -0.25) is 9.63 Å². The molecule has 1 rings (SSSR count). The van der Waals surface area contributed by atoms with Crippen molar-refractivity contribution in [3.8, 4) is 5.75 Å². The van der Waals surface area contributed by atoms with Crippen LogP contribution in [-0.2, 0) is 25.8 Å². The molecule has 1 amide bonds. The number of aldehydes is 1. The molecule has 1 aromatic rings. The average Bonchev–Trinajstić information content (AvgIpc) is 2.60. The second-order valence-electron chi connectivity index (χ2n) is 5.43. The fourth-order valence-corrected chi connectivity index (χ4v) is 2.26. The Balaban J connectivity index is 2.77. The van der Waals surface area contributed by atoms with Gasteiger partial charge in [0.2, 0.25) is 0 Å². The molecule has 0 aromatic heterocycles. The number of nitrogens with zero attached hydrogens (tertiary/aromatic N) is 1. The van der Waals surface area contributed by atoms with Crippen LogP contribution < -0.4 is 4.74 Å². The summed E-state index contributed by atoms with van der Waals surface area (Å²) in [6, 6.07) is 7.44. The molecule has 3 atom stereocenters. The lowest BCUT2D eigenvalue weighted by Gasteiger charge is -2.28. The zero-order valence-electron chi connectivity index (χ0n) is 14.3. The highest BCUT2D eigenvalue weighted by Crippen LogP contribution is 2.20. The third-order valence-corrected chi connectivity index (χ3v) is 3.80. The lowest BCUT2D eigenvalue weighted by atomic mass is 9.93. The smallest absolute Gasteiger partial charge is 0.251 e. The Morgan fingerprint density at radius 1 is 1.22 bits per heavy atom. The first-order chi connectivity index (χ1) is 10.9. The molecule has 0 N–H and O–H groups in total. The maximum absolute atomic E-state index is 12.2. The minimum atomic E-state index is -0.528. The number of rotatable bonds is 9. The van der Waals surface area contributed by atoms with Gasteiger partial charge in [0.05, 0.1) is 32.8 Å². The molecule has 0 aliphatic carbocycles. The lowest BCUT2D eigenvalue weighted by molar-refractivity contribution is -0.179. The lowest BCUT2D eigenvalue weighted by Crippen LogP contribution is -2.41. The van der Waals surface area contributed by atoms with Crippen LogP contribution in [0.3, 0.4) is 0 Å². The summed E-state index contributed by atoms with van der Waals surface area (Å²) >= 11 is 0. The first-order valence-corrected chi connectivity index (χ1v) is 7.46. The first kappa shape index (κ1) is 19.1. The molecule has 0 aliphatic heterocycles. The highest BCUT2D eigenvalue weighted by atomic mass is 16.7. The quantitative estimate of drug-likeness (QED) is 0.514. The summed E-state index contributed by atoms with van der Waals surface area (Å²) in [6.45, 7) is 3.78. The molecule has 0 aliphatic rings. The van der Waals surface area contributed by atoms with Gasteiger partial charge in [-0.1, -0.05) is 26.0 Å². The maximum atomic E-state index is 12.2. The molecule has 0 saturated carbocycles. The summed E-state index contributed by atoms with van der Waals surface area (Å²) in [7, 11) is 4.55. The number of hydrogen-bond donors (Lipinski definition) is 0. The van der Waals surface area contributed by atoms with Crippen molar-refractivity contribution in [1.29, 1.82) is 0 Å². The van der Waals surface area contributed by atoms with E-state index in [4.69, 9.17) is 14.3 Å². The SMILES string of the molecule is COc1ccc(CO[C@H]([C@H](C)C=O)[C@H](C)C(=O)N(C)OC)cc1. The van der Waals surface area contributed by atoms with E-state index < -0.39 is 17.9 Å². The van der Waals surface area contributed by atoms with E-state index in [0.29, 0.717) is 6.61 Å². The largest absolute Gasteiger partial charge is 0.497 e. The number of methoxy groups -OCH3 is 1. The van der Waals surface area contributed by atoms with Gasteiger partial charge in [0, 0.05) is 13.0 Å². The summed E-state index contributed by atoms with van der Waals surface area (Å²) in [5, 5.41) is 1.14. The zero-order chi connectivity index (χ0) is 17.4. The van der Waals surface area contributed by atoms with Gasteiger partial charge in [0.1, 0.15) is 12.0 Å². The molecular weight excluding hydrogens is 298 g/mol. The van der Waals surface area contributed by atoms with Crippen molar-refractivity contribution in [3.63, 3.8) is 0 Å². The number of ether oxygens (including phenoxy) is 2. The van der Waals surface area contributed by atoms with Crippen molar-refractivity contribution in [2.45, 2.75) is 26.6 Å². The van der Waals surface area contributed by atoms with Crippen molar-refractivity contribution in [3.05, 3.63) is 29.8 Å². The molecule has 0 unspecified atom stereocenters. The van der Waals surface area contributed by atoms with Crippen LogP contribution in [0.15, 0.2) is 24.3 Å². The van der Waals surface area contributed by atoms with Crippen LogP contribution in [0.5, 0.6) is 5.75 Å². The van der Waals surface area contributed by atoms with Gasteiger partial charge in [-0.2, -0.15) is 0 Å². The summed E-state index contributed by atoms with van der Waals surface area (Å²) in [6.07, 6.45) is 0.273. The topological polar surface area (TPSA) is 65.1 Å². The highest BCUT2D eigenvalue weighted by Gasteiger charge is 2.31. The third-order valence-electron chi connectivity index (χ3n) is 3.80. The van der Waals surface area contributed by atoms with Gasteiger partial charge in [-0.15, -0.1) is 0 Å². The Bertz CT molecular complexity index is 502. The number of carbonyl (C=O) groups excluding carboxylic acids is 2. The van der Waals surface area contributed by atoms with Crippen LogP contribution in [0.4, 0.5) is 0 Å². The monoisotopic (exact) mass is 323 g/mol. The molecule has 6 heteroatoms. The fraction of sp³-hybridized carbons (Fsp3) is 0.529. The second-order valence-corrected chi connectivity index (χ2v) is 5.43. The number of hydrogen-bond acceptors (Lipinski definition) is 5. The van der Waals surface area contributed by atoms with Gasteiger partial charge >= 0.3 is 0 Å². The van der Waals surface area contributed by atoms with E-state index in [1.54, 1.807) is 21.0 Å². The van der Waals surface area contributed by atoms with Crippen LogP contribution in [0.1, 0.15) is 19.4 Å². The van der Waals surface area contributed by atoms with Gasteiger partial charge < -0.3 is 14.3 Å². The zero-order valence-corrected chi connectivity index (χ0v) is 14.3. The maximum Gasteiger partial charge on any atom is 0.251 e. The number of benzene rings is 1. The average molecular weight is 323 g/mol. The van der Waals surface area contributed by atoms with Gasteiger partial charge in [-0.25, -0.2) is 5.06 Å². The first-order valence-electron chi connectivity index (χ1n) is 7.46. The minimum Gasteiger partial charge on any atom is -0.497 e. The third kappa shape index (κ3) is 5.33. The predicted octanol–water partition coefficient (Wildman–Crippen LogP) is 2.07. The standard InChI is InChI=1S/C17H25NO5/c1-12(10-19)16(13(2)17(20)18(3)22-5)23-11-14-6-8-15(21-4)9-7-14/h6-10,12-13,16H,11H2,1-5H3/t12-,13+,16-/m1/s1. The van der Waals surface area contributed by atoms with Gasteiger partial charge in [0.25, 0.3) is 5.91 Å². The predicted molar refractivity (Wildman–Crippen MR) is 85.7 cm³/mol. The van der Waals surface area contributed by atoms with E-state index in [-0.39, 0.29) is 5.91 Å². The minimum absolute atomic E-state index is 0.235. The Morgan fingerprint density at radius 3 is 2.30 bits per heavy atom. The molecule has 0 bridgehead atoms. The van der Waals surface area contributed by atoms with Crippen molar-refractivity contribution < 1.29 is 23.9 Å². The van der Waals surface area contributed by atoms with Crippen molar-refractivity contribution >= 4 is 12.2 Å². The molecule has 6 nitrogen and oxygen atoms in total. The normalized spacial score (nSPS) is 14.7. The summed E-state index contributed by atoms with van der Waals surface area (Å²) in [5.41, 5.74) is 0.939. The van der Waals surface area contributed by atoms with Crippen LogP contribution in [0.2, 0.25) is 0 Å². The van der Waals surface area contributed by atoms with E-state index >= 15 is 0 Å². The van der Waals surface area contributed by atoms with E-state index in [1.165, 1.54) is 14.2 Å². The van der Waals surface area contributed by atoms with Crippen LogP contribution >= 0.6 is 0 Å². The Kier molecular flexibility index (Phi) is 7.71. The molecule has 23 heavy (non-hydrogen) atoms. The van der Waals surface area contributed by atoms with Crippen LogP contribution in [0, 0.1) is 11.8 Å². The number of hydroxylamine groups is 2. The number of carbonyl (C=O) groups is 2. The van der Waals surface area contributed by atoms with E-state index in [9.17, 15) is 9.59 Å². The van der Waals surface area contributed by atoms with E-state index in [0.717, 1.165) is 22.7 Å². The molecule has 0 spiro atoms. The molecule has 0 fully saturated rings. The Morgan fingerprint density at radius 2 is 1.83 bits per heavy atom. The Hall–Kier alpha value is -1.92. The fourth-order valence-electron chi connectivity index (χ4n) is 2.26. The van der Waals surface area contributed by atoms with Crippen LogP contribution in [0.25, 0.3) is 0 Å². The molecule has 0 saturated heterocycles.